The predicted molar refractivity (Wildman–Crippen MR) is 76.8 cm³/mol. The van der Waals surface area contributed by atoms with Crippen LogP contribution in [0.15, 0.2) is 24.4 Å². The number of rotatable bonds is 3. The fourth-order valence-electron chi connectivity index (χ4n) is 1.78. The van der Waals surface area contributed by atoms with Gasteiger partial charge in [0.05, 0.1) is 17.4 Å². The molecule has 2 rings (SSSR count). The Balaban J connectivity index is 2.09. The fraction of sp³-hybridized carbons (Fsp3) is 0.429. The molecule has 1 heterocycles. The van der Waals surface area contributed by atoms with Crippen molar-refractivity contribution in [2.75, 3.05) is 5.32 Å². The summed E-state index contributed by atoms with van der Waals surface area (Å²) in [5.74, 6) is -0.0730. The Morgan fingerprint density at radius 1 is 1.47 bits per heavy atom. The topological polar surface area (TPSA) is 83.8 Å². The molecule has 0 aliphatic rings. The summed E-state index contributed by atoms with van der Waals surface area (Å²) < 4.78 is 0. The zero-order valence-electron chi connectivity index (χ0n) is 11.5. The molecule has 0 radical (unpaired) electrons. The highest BCUT2D eigenvalue weighted by Crippen LogP contribution is 2.23. The van der Waals surface area contributed by atoms with E-state index >= 15 is 0 Å². The molecular weight excluding hydrogens is 240 g/mol. The number of aromatic amines is 1. The number of amides is 1. The summed E-state index contributed by atoms with van der Waals surface area (Å²) in [6.07, 6.45) is 2.01. The summed E-state index contributed by atoms with van der Waals surface area (Å²) >= 11 is 0. The number of hydrogen-bond acceptors (Lipinski definition) is 3. The second kappa shape index (κ2) is 5.01. The number of benzene rings is 1. The Bertz CT molecular complexity index is 582. The monoisotopic (exact) mass is 260 g/mol. The van der Waals surface area contributed by atoms with Gasteiger partial charge in [-0.1, -0.05) is 26.8 Å². The molecule has 4 N–H and O–H groups in total. The van der Waals surface area contributed by atoms with Crippen LogP contribution in [0.2, 0.25) is 0 Å². The lowest BCUT2D eigenvalue weighted by atomic mass is 9.85. The number of hydrogen-bond donors (Lipinski definition) is 3. The molecule has 1 aromatic carbocycles. The van der Waals surface area contributed by atoms with E-state index in [9.17, 15) is 4.79 Å². The molecule has 0 aliphatic heterocycles. The Kier molecular flexibility index (Phi) is 3.57. The molecule has 1 unspecified atom stereocenters. The van der Waals surface area contributed by atoms with Gasteiger partial charge in [-0.2, -0.15) is 5.10 Å². The summed E-state index contributed by atoms with van der Waals surface area (Å²) in [6.45, 7) is 6.09. The third-order valence-corrected chi connectivity index (χ3v) is 3.28. The van der Waals surface area contributed by atoms with Gasteiger partial charge in [0.1, 0.15) is 0 Å². The highest BCUT2D eigenvalue weighted by atomic mass is 16.1. The summed E-state index contributed by atoms with van der Waals surface area (Å²) in [5, 5.41) is 10.6. The molecule has 1 aromatic heterocycles. The largest absolute Gasteiger partial charge is 0.327 e. The first-order chi connectivity index (χ1) is 8.88. The van der Waals surface area contributed by atoms with E-state index in [1.54, 1.807) is 6.20 Å². The van der Waals surface area contributed by atoms with E-state index in [4.69, 9.17) is 5.73 Å². The minimum absolute atomic E-state index is 0.0730. The molecule has 0 aliphatic carbocycles. The van der Waals surface area contributed by atoms with E-state index in [1.807, 2.05) is 39.0 Å². The minimum Gasteiger partial charge on any atom is -0.327 e. The number of aromatic nitrogens is 2. The zero-order valence-corrected chi connectivity index (χ0v) is 11.5. The van der Waals surface area contributed by atoms with Crippen LogP contribution < -0.4 is 11.1 Å². The van der Waals surface area contributed by atoms with Gasteiger partial charge in [-0.05, 0) is 17.5 Å². The minimum atomic E-state index is -0.170. The number of anilines is 1. The van der Waals surface area contributed by atoms with Gasteiger partial charge in [-0.25, -0.2) is 0 Å². The Morgan fingerprint density at radius 3 is 2.89 bits per heavy atom. The van der Waals surface area contributed by atoms with Crippen LogP contribution in [0.5, 0.6) is 0 Å². The molecule has 2 aromatic rings. The second-order valence-electron chi connectivity index (χ2n) is 5.86. The van der Waals surface area contributed by atoms with Crippen LogP contribution in [-0.2, 0) is 4.79 Å². The van der Waals surface area contributed by atoms with Crippen molar-refractivity contribution in [3.63, 3.8) is 0 Å². The summed E-state index contributed by atoms with van der Waals surface area (Å²) in [5.41, 5.74) is 7.60. The molecule has 102 valence electrons. The molecule has 0 bridgehead atoms. The number of carbonyl (C=O) groups excluding carboxylic acids is 1. The summed E-state index contributed by atoms with van der Waals surface area (Å²) in [7, 11) is 0. The van der Waals surface area contributed by atoms with Crippen LogP contribution in [0.3, 0.4) is 0 Å². The highest BCUT2D eigenvalue weighted by Gasteiger charge is 2.23. The number of nitrogens with zero attached hydrogens (tertiary/aromatic N) is 1. The number of nitrogens with one attached hydrogen (secondary N) is 2. The molecule has 1 amide bonds. The van der Waals surface area contributed by atoms with Crippen LogP contribution in [0.1, 0.15) is 27.2 Å². The van der Waals surface area contributed by atoms with Crippen LogP contribution in [0.4, 0.5) is 5.69 Å². The van der Waals surface area contributed by atoms with Crippen molar-refractivity contribution >= 4 is 22.5 Å². The van der Waals surface area contributed by atoms with E-state index in [0.717, 1.165) is 16.6 Å². The van der Waals surface area contributed by atoms with Gasteiger partial charge >= 0.3 is 0 Å². The third kappa shape index (κ3) is 3.12. The maximum atomic E-state index is 12.0. The van der Waals surface area contributed by atoms with E-state index in [0.29, 0.717) is 6.42 Å². The molecule has 5 nitrogen and oxygen atoms in total. The van der Waals surface area contributed by atoms with Gasteiger partial charge in [-0.3, -0.25) is 9.89 Å². The number of fused-ring (bicyclic) bond motifs is 1. The SMILES string of the molecule is CC(C)(C)C(N)CC(=O)Nc1cccc2[nH]ncc12. The van der Waals surface area contributed by atoms with Crippen molar-refractivity contribution in [3.8, 4) is 0 Å². The van der Waals surface area contributed by atoms with E-state index in [-0.39, 0.29) is 17.4 Å². The Labute approximate surface area is 112 Å². The maximum absolute atomic E-state index is 12.0. The molecule has 0 saturated heterocycles. The van der Waals surface area contributed by atoms with Crippen molar-refractivity contribution in [2.24, 2.45) is 11.1 Å². The Hall–Kier alpha value is -1.88. The normalized spacial score (nSPS) is 13.5. The van der Waals surface area contributed by atoms with Crippen LogP contribution in [-0.4, -0.2) is 22.1 Å². The molecule has 1 atom stereocenters. The van der Waals surface area contributed by atoms with Gasteiger partial charge in [0.25, 0.3) is 0 Å². The third-order valence-electron chi connectivity index (χ3n) is 3.28. The van der Waals surface area contributed by atoms with Crippen molar-refractivity contribution in [1.29, 1.82) is 0 Å². The van der Waals surface area contributed by atoms with Gasteiger partial charge in [0.2, 0.25) is 5.91 Å². The second-order valence-corrected chi connectivity index (χ2v) is 5.86. The smallest absolute Gasteiger partial charge is 0.225 e. The lowest BCUT2D eigenvalue weighted by molar-refractivity contribution is -0.117. The molecule has 0 saturated carbocycles. The van der Waals surface area contributed by atoms with Gasteiger partial charge in [0.15, 0.2) is 0 Å². The number of nitrogens with two attached hydrogens (primary N) is 1. The average molecular weight is 260 g/mol. The lowest BCUT2D eigenvalue weighted by Gasteiger charge is -2.26. The van der Waals surface area contributed by atoms with E-state index in [2.05, 4.69) is 15.5 Å². The molecule has 5 heteroatoms. The van der Waals surface area contributed by atoms with Crippen molar-refractivity contribution < 1.29 is 4.79 Å². The first-order valence-electron chi connectivity index (χ1n) is 6.35. The van der Waals surface area contributed by atoms with Crippen LogP contribution in [0.25, 0.3) is 10.9 Å². The van der Waals surface area contributed by atoms with Gasteiger partial charge < -0.3 is 11.1 Å². The summed E-state index contributed by atoms with van der Waals surface area (Å²) in [6, 6.07) is 5.48. The van der Waals surface area contributed by atoms with Gasteiger partial charge in [-0.15, -0.1) is 0 Å². The first kappa shape index (κ1) is 13.5. The van der Waals surface area contributed by atoms with E-state index < -0.39 is 0 Å². The zero-order chi connectivity index (χ0) is 14.0. The quantitative estimate of drug-likeness (QED) is 0.791. The van der Waals surface area contributed by atoms with Crippen molar-refractivity contribution in [3.05, 3.63) is 24.4 Å². The van der Waals surface area contributed by atoms with Crippen molar-refractivity contribution in [1.82, 2.24) is 10.2 Å². The lowest BCUT2D eigenvalue weighted by Crippen LogP contribution is -2.38. The Morgan fingerprint density at radius 2 is 2.21 bits per heavy atom. The summed E-state index contributed by atoms with van der Waals surface area (Å²) in [4.78, 5) is 12.0. The van der Waals surface area contributed by atoms with E-state index in [1.165, 1.54) is 0 Å². The molecule has 0 fully saturated rings. The number of H-pyrrole nitrogens is 1. The van der Waals surface area contributed by atoms with Crippen LogP contribution in [0, 0.1) is 5.41 Å². The van der Waals surface area contributed by atoms with Crippen molar-refractivity contribution in [2.45, 2.75) is 33.2 Å². The van der Waals surface area contributed by atoms with Crippen LogP contribution >= 0.6 is 0 Å². The fourth-order valence-corrected chi connectivity index (χ4v) is 1.78. The molecule has 0 spiro atoms. The molecule has 19 heavy (non-hydrogen) atoms. The predicted octanol–water partition coefficient (Wildman–Crippen LogP) is 2.26. The first-order valence-corrected chi connectivity index (χ1v) is 6.35. The van der Waals surface area contributed by atoms with Gasteiger partial charge in [0, 0.05) is 17.8 Å². The maximum Gasteiger partial charge on any atom is 0.225 e. The standard InChI is InChI=1S/C14H20N4O/c1-14(2,3)12(15)7-13(19)17-10-5-4-6-11-9(10)8-16-18-11/h4-6,8,12H,7,15H2,1-3H3,(H,16,18)(H,17,19). The highest BCUT2D eigenvalue weighted by molar-refractivity contribution is 6.00. The molecular formula is C14H20N4O. The average Bonchev–Trinajstić information content (AvgIpc) is 2.76. The number of carbonyl (C=O) groups is 1.